The Kier molecular flexibility index (Phi) is 4.90. The van der Waals surface area contributed by atoms with Crippen molar-refractivity contribution in [3.8, 4) is 11.4 Å². The minimum Gasteiger partial charge on any atom is -0.322 e. The molecule has 0 fully saturated rings. The van der Waals surface area contributed by atoms with Crippen LogP contribution in [0, 0.1) is 30.2 Å². The van der Waals surface area contributed by atoms with Gasteiger partial charge in [0.05, 0.1) is 16.8 Å². The molecule has 152 valence electrons. The van der Waals surface area contributed by atoms with E-state index in [4.69, 9.17) is 11.6 Å². The van der Waals surface area contributed by atoms with Gasteiger partial charge in [-0.25, -0.2) is 27.1 Å². The number of halogens is 5. The number of carbonyl (C=O) groups excluding carboxylic acids is 1. The predicted molar refractivity (Wildman–Crippen MR) is 102 cm³/mol. The summed E-state index contributed by atoms with van der Waals surface area (Å²) < 4.78 is 55.7. The summed E-state index contributed by atoms with van der Waals surface area (Å²) in [4.78, 5) is 16.7. The van der Waals surface area contributed by atoms with Gasteiger partial charge < -0.3 is 5.32 Å². The first-order valence-electron chi connectivity index (χ1n) is 8.52. The maximum atomic E-state index is 14.3. The maximum Gasteiger partial charge on any atom is 0.257 e. The highest BCUT2D eigenvalue weighted by atomic mass is 35.5. The molecule has 0 saturated heterocycles. The number of amides is 1. The summed E-state index contributed by atoms with van der Waals surface area (Å²) in [5, 5.41) is 5.88. The molecule has 0 saturated carbocycles. The second kappa shape index (κ2) is 7.42. The number of nitrogens with one attached hydrogen (secondary N) is 1. The van der Waals surface area contributed by atoms with Crippen molar-refractivity contribution in [1.29, 1.82) is 0 Å². The van der Waals surface area contributed by atoms with Gasteiger partial charge in [0.15, 0.2) is 23.1 Å². The lowest BCUT2D eigenvalue weighted by molar-refractivity contribution is 0.102. The van der Waals surface area contributed by atoms with Crippen LogP contribution in [0.3, 0.4) is 0 Å². The molecule has 0 unspecified atom stereocenters. The first-order valence-corrected chi connectivity index (χ1v) is 8.89. The highest BCUT2D eigenvalue weighted by molar-refractivity contribution is 6.34. The molecule has 0 bridgehead atoms. The largest absolute Gasteiger partial charge is 0.322 e. The Hall–Kier alpha value is -3.46. The number of fused-ring (bicyclic) bond motifs is 1. The Morgan fingerprint density at radius 1 is 1.07 bits per heavy atom. The smallest absolute Gasteiger partial charge is 0.257 e. The van der Waals surface area contributed by atoms with E-state index in [0.717, 1.165) is 24.4 Å². The van der Waals surface area contributed by atoms with E-state index >= 15 is 0 Å². The van der Waals surface area contributed by atoms with Crippen molar-refractivity contribution >= 4 is 28.8 Å². The van der Waals surface area contributed by atoms with E-state index in [1.54, 1.807) is 6.92 Å². The van der Waals surface area contributed by atoms with Crippen LogP contribution in [0.4, 0.5) is 23.2 Å². The molecule has 1 N–H and O–H groups in total. The Morgan fingerprint density at radius 2 is 1.83 bits per heavy atom. The van der Waals surface area contributed by atoms with Crippen LogP contribution < -0.4 is 5.32 Å². The quantitative estimate of drug-likeness (QED) is 0.357. The van der Waals surface area contributed by atoms with E-state index < -0.39 is 34.2 Å². The third-order valence-electron chi connectivity index (χ3n) is 4.44. The van der Waals surface area contributed by atoms with Crippen LogP contribution in [0.2, 0.25) is 5.02 Å². The van der Waals surface area contributed by atoms with E-state index in [1.165, 1.54) is 22.7 Å². The number of benzene rings is 2. The van der Waals surface area contributed by atoms with Gasteiger partial charge in [0, 0.05) is 11.3 Å². The summed E-state index contributed by atoms with van der Waals surface area (Å²) in [5.41, 5.74) is 0.739. The fourth-order valence-electron chi connectivity index (χ4n) is 2.90. The van der Waals surface area contributed by atoms with Crippen LogP contribution in [0.25, 0.3) is 17.0 Å². The third-order valence-corrected chi connectivity index (χ3v) is 4.81. The van der Waals surface area contributed by atoms with Gasteiger partial charge in [0.25, 0.3) is 5.91 Å². The number of hydrogen-bond acceptors (Lipinski definition) is 3. The molecule has 0 aliphatic rings. The first-order chi connectivity index (χ1) is 14.2. The number of nitrogens with zero attached hydrogens (tertiary/aromatic N) is 3. The number of carbonyl (C=O) groups is 1. The second-order valence-electron chi connectivity index (χ2n) is 6.39. The van der Waals surface area contributed by atoms with Gasteiger partial charge >= 0.3 is 0 Å². The Bertz CT molecular complexity index is 1320. The van der Waals surface area contributed by atoms with Crippen molar-refractivity contribution in [2.24, 2.45) is 0 Å². The molecule has 0 aliphatic heterocycles. The average molecular weight is 435 g/mol. The van der Waals surface area contributed by atoms with Crippen LogP contribution in [0.15, 0.2) is 42.6 Å². The number of hydrogen-bond donors (Lipinski definition) is 1. The molecule has 0 radical (unpaired) electrons. The molecule has 0 aliphatic carbocycles. The molecule has 4 aromatic rings. The van der Waals surface area contributed by atoms with Crippen LogP contribution in [-0.2, 0) is 0 Å². The molecule has 10 heteroatoms. The van der Waals surface area contributed by atoms with E-state index in [9.17, 15) is 22.4 Å². The summed E-state index contributed by atoms with van der Waals surface area (Å²) in [6.07, 6.45) is 1.12. The van der Waals surface area contributed by atoms with Crippen molar-refractivity contribution < 1.29 is 22.4 Å². The highest BCUT2D eigenvalue weighted by Gasteiger charge is 2.20. The van der Waals surface area contributed by atoms with Gasteiger partial charge in [-0.2, -0.15) is 0 Å². The molecule has 2 aromatic carbocycles. The van der Waals surface area contributed by atoms with Crippen LogP contribution in [-0.4, -0.2) is 20.5 Å². The lowest BCUT2D eigenvalue weighted by Crippen LogP contribution is -2.15. The van der Waals surface area contributed by atoms with E-state index in [1.807, 2.05) is 0 Å². The molecule has 2 heterocycles. The van der Waals surface area contributed by atoms with Gasteiger partial charge in [-0.15, -0.1) is 5.10 Å². The Labute approximate surface area is 171 Å². The third kappa shape index (κ3) is 3.48. The van der Waals surface area contributed by atoms with E-state index in [-0.39, 0.29) is 22.6 Å². The Morgan fingerprint density at radius 3 is 2.60 bits per heavy atom. The summed E-state index contributed by atoms with van der Waals surface area (Å²) >= 11 is 5.71. The van der Waals surface area contributed by atoms with Gasteiger partial charge in [0.1, 0.15) is 11.6 Å². The first kappa shape index (κ1) is 19.8. The summed E-state index contributed by atoms with van der Waals surface area (Å²) in [6.45, 7) is 1.59. The summed E-state index contributed by atoms with van der Waals surface area (Å²) in [6, 6.07) is 6.63. The van der Waals surface area contributed by atoms with E-state index in [0.29, 0.717) is 11.2 Å². The topological polar surface area (TPSA) is 59.3 Å². The standard InChI is InChI=1S/C20H11ClF4N4O/c1-9-13(19-27-16-5-2-10(22)8-29(16)28-19)6-11(23)7-15(9)26-20(30)12-3-4-14(24)18(25)17(12)21/h2-8H,1H3,(H,26,30). The number of rotatable bonds is 3. The van der Waals surface area contributed by atoms with Gasteiger partial charge in [-0.05, 0) is 48.9 Å². The molecule has 0 spiro atoms. The van der Waals surface area contributed by atoms with Gasteiger partial charge in [-0.3, -0.25) is 4.79 Å². The molecule has 30 heavy (non-hydrogen) atoms. The van der Waals surface area contributed by atoms with E-state index in [2.05, 4.69) is 15.4 Å². The average Bonchev–Trinajstić information content (AvgIpc) is 3.11. The second-order valence-corrected chi connectivity index (χ2v) is 6.77. The van der Waals surface area contributed by atoms with Crippen LogP contribution >= 0.6 is 11.6 Å². The van der Waals surface area contributed by atoms with Crippen molar-refractivity contribution in [2.45, 2.75) is 6.92 Å². The van der Waals surface area contributed by atoms with Crippen LogP contribution in [0.1, 0.15) is 15.9 Å². The normalized spacial score (nSPS) is 11.1. The predicted octanol–water partition coefficient (Wildman–Crippen LogP) is 5.17. The number of anilines is 1. The minimum absolute atomic E-state index is 0.0563. The fraction of sp³-hybridized carbons (Fsp3) is 0.0500. The zero-order valence-electron chi connectivity index (χ0n) is 15.2. The maximum absolute atomic E-state index is 14.3. The lowest BCUT2D eigenvalue weighted by Gasteiger charge is -2.12. The van der Waals surface area contributed by atoms with Crippen molar-refractivity contribution in [3.05, 3.63) is 82.0 Å². The van der Waals surface area contributed by atoms with Gasteiger partial charge in [0.2, 0.25) is 0 Å². The lowest BCUT2D eigenvalue weighted by atomic mass is 10.1. The molecule has 0 atom stereocenters. The fourth-order valence-corrected chi connectivity index (χ4v) is 3.14. The van der Waals surface area contributed by atoms with Crippen LogP contribution in [0.5, 0.6) is 0 Å². The minimum atomic E-state index is -1.36. The molecule has 1 amide bonds. The van der Waals surface area contributed by atoms with Crippen molar-refractivity contribution in [2.75, 3.05) is 5.32 Å². The highest BCUT2D eigenvalue weighted by Crippen LogP contribution is 2.30. The molecule has 5 nitrogen and oxygen atoms in total. The Balaban J connectivity index is 1.74. The molecular formula is C20H11ClF4N4O. The molecule has 4 rings (SSSR count). The van der Waals surface area contributed by atoms with Crippen molar-refractivity contribution in [3.63, 3.8) is 0 Å². The van der Waals surface area contributed by atoms with Gasteiger partial charge in [-0.1, -0.05) is 11.6 Å². The monoisotopic (exact) mass is 434 g/mol. The zero-order chi connectivity index (χ0) is 21.6. The molecule has 2 aromatic heterocycles. The zero-order valence-corrected chi connectivity index (χ0v) is 15.9. The SMILES string of the molecule is Cc1c(NC(=O)c2ccc(F)c(F)c2Cl)cc(F)cc1-c1nc2ccc(F)cn2n1. The molecular weight excluding hydrogens is 424 g/mol. The van der Waals surface area contributed by atoms with Crippen molar-refractivity contribution in [1.82, 2.24) is 14.6 Å². The summed E-state index contributed by atoms with van der Waals surface area (Å²) in [5.74, 6) is -4.53. The number of pyridine rings is 1. The summed E-state index contributed by atoms with van der Waals surface area (Å²) in [7, 11) is 0. The number of aromatic nitrogens is 3.